The highest BCUT2D eigenvalue weighted by Crippen LogP contribution is 2.53. The number of carbonyl (C=O) groups is 2. The van der Waals surface area contributed by atoms with Crippen LogP contribution in [0.15, 0.2) is 6.20 Å². The average Bonchev–Trinajstić information content (AvgIpc) is 2.99. The monoisotopic (exact) mass is 338 g/mol. The average molecular weight is 338 g/mol. The van der Waals surface area contributed by atoms with E-state index in [0.29, 0.717) is 11.7 Å². The van der Waals surface area contributed by atoms with Gasteiger partial charge < -0.3 is 14.8 Å². The van der Waals surface area contributed by atoms with Crippen molar-refractivity contribution in [3.63, 3.8) is 0 Å². The molecule has 1 aromatic heterocycles. The summed E-state index contributed by atoms with van der Waals surface area (Å²) < 4.78 is 26.5. The molecule has 24 heavy (non-hydrogen) atoms. The summed E-state index contributed by atoms with van der Waals surface area (Å²) in [5, 5.41) is 0. The Labute approximate surface area is 138 Å². The van der Waals surface area contributed by atoms with E-state index < -0.39 is 17.7 Å². The van der Waals surface area contributed by atoms with Crippen LogP contribution in [0.3, 0.4) is 0 Å². The number of piperidine rings is 2. The fraction of sp³-hybridized carbons (Fsp3) is 0.688. The molecule has 1 aromatic rings. The number of carbonyl (C=O) groups excluding carboxylic acids is 2. The summed E-state index contributed by atoms with van der Waals surface area (Å²) in [6, 6.07) is -0.131. The van der Waals surface area contributed by atoms with Gasteiger partial charge in [0.15, 0.2) is 0 Å². The lowest BCUT2D eigenvalue weighted by Gasteiger charge is -2.33. The van der Waals surface area contributed by atoms with Gasteiger partial charge in [0, 0.05) is 43.9 Å². The molecule has 3 fully saturated rings. The van der Waals surface area contributed by atoms with Crippen molar-refractivity contribution in [1.82, 2.24) is 19.8 Å². The number of aromatic amines is 1. The van der Waals surface area contributed by atoms with Crippen LogP contribution < -0.4 is 0 Å². The van der Waals surface area contributed by atoms with Gasteiger partial charge in [-0.3, -0.25) is 9.59 Å². The highest BCUT2D eigenvalue weighted by atomic mass is 19.3. The fourth-order valence-corrected chi connectivity index (χ4v) is 3.88. The summed E-state index contributed by atoms with van der Waals surface area (Å²) >= 11 is 0. The standard InChI is InChI=1S/C16H20F2N4O2/c1-9-8-19-13(20-9)12-7-10-6-11(10)22(12)15(24)14(23)21-4-2-16(17,18)3-5-21/h8,10-12H,2-7H2,1H3,(H,19,20). The first-order valence-corrected chi connectivity index (χ1v) is 8.36. The Morgan fingerprint density at radius 3 is 2.58 bits per heavy atom. The molecule has 8 heteroatoms. The second kappa shape index (κ2) is 5.26. The maximum Gasteiger partial charge on any atom is 0.312 e. The van der Waals surface area contributed by atoms with Crippen molar-refractivity contribution in [1.29, 1.82) is 0 Å². The molecule has 3 heterocycles. The third kappa shape index (κ3) is 2.57. The number of rotatable bonds is 1. The predicted octanol–water partition coefficient (Wildman–Crippen LogP) is 1.64. The van der Waals surface area contributed by atoms with Crippen molar-refractivity contribution < 1.29 is 18.4 Å². The number of H-pyrrole nitrogens is 1. The maximum absolute atomic E-state index is 13.3. The van der Waals surface area contributed by atoms with Gasteiger partial charge in [-0.15, -0.1) is 0 Å². The van der Waals surface area contributed by atoms with Crippen molar-refractivity contribution in [3.8, 4) is 0 Å². The largest absolute Gasteiger partial charge is 0.344 e. The normalized spacial score (nSPS) is 31.0. The Morgan fingerprint density at radius 1 is 1.25 bits per heavy atom. The number of likely N-dealkylation sites (tertiary alicyclic amines) is 2. The van der Waals surface area contributed by atoms with E-state index in [1.165, 1.54) is 4.90 Å². The number of alkyl halides is 2. The van der Waals surface area contributed by atoms with E-state index in [-0.39, 0.29) is 38.0 Å². The number of nitrogens with one attached hydrogen (secondary N) is 1. The third-order valence-electron chi connectivity index (χ3n) is 5.34. The summed E-state index contributed by atoms with van der Waals surface area (Å²) in [7, 11) is 0. The third-order valence-corrected chi connectivity index (χ3v) is 5.34. The van der Waals surface area contributed by atoms with Crippen molar-refractivity contribution >= 4 is 11.8 Å². The number of hydrogen-bond donors (Lipinski definition) is 1. The van der Waals surface area contributed by atoms with Crippen molar-refractivity contribution in [2.75, 3.05) is 13.1 Å². The first-order valence-electron chi connectivity index (χ1n) is 8.36. The molecule has 3 atom stereocenters. The Bertz CT molecular complexity index is 679. The van der Waals surface area contributed by atoms with Gasteiger partial charge in [0.1, 0.15) is 5.82 Å². The molecule has 4 rings (SSSR count). The summed E-state index contributed by atoms with van der Waals surface area (Å²) in [6.45, 7) is 1.76. The molecule has 0 aromatic carbocycles. The lowest BCUT2D eigenvalue weighted by molar-refractivity contribution is -0.156. The molecule has 0 bridgehead atoms. The summed E-state index contributed by atoms with van der Waals surface area (Å²) in [6.07, 6.45) is 2.66. The van der Waals surface area contributed by atoms with Gasteiger partial charge >= 0.3 is 11.8 Å². The SMILES string of the molecule is Cc1cnc(C2CC3CC3N2C(=O)C(=O)N2CCC(F)(F)CC2)[nH]1. The minimum atomic E-state index is -2.73. The smallest absolute Gasteiger partial charge is 0.312 e. The van der Waals surface area contributed by atoms with Crippen LogP contribution in [0.25, 0.3) is 0 Å². The highest BCUT2D eigenvalue weighted by Gasteiger charge is 2.56. The summed E-state index contributed by atoms with van der Waals surface area (Å²) in [5.74, 6) is -2.85. The molecule has 130 valence electrons. The van der Waals surface area contributed by atoms with E-state index in [9.17, 15) is 18.4 Å². The molecule has 3 unspecified atom stereocenters. The van der Waals surface area contributed by atoms with Crippen LogP contribution in [-0.4, -0.2) is 56.6 Å². The van der Waals surface area contributed by atoms with Crippen LogP contribution in [0.1, 0.15) is 43.2 Å². The van der Waals surface area contributed by atoms with Gasteiger partial charge in [-0.1, -0.05) is 0 Å². The van der Waals surface area contributed by atoms with Crippen molar-refractivity contribution in [2.24, 2.45) is 5.92 Å². The number of nitrogens with zero attached hydrogens (tertiary/aromatic N) is 3. The Morgan fingerprint density at radius 2 is 1.96 bits per heavy atom. The van der Waals surface area contributed by atoms with E-state index in [4.69, 9.17) is 0 Å². The maximum atomic E-state index is 13.3. The first kappa shape index (κ1) is 15.5. The van der Waals surface area contributed by atoms with E-state index in [1.54, 1.807) is 11.1 Å². The highest BCUT2D eigenvalue weighted by molar-refractivity contribution is 6.35. The number of amides is 2. The lowest BCUT2D eigenvalue weighted by atomic mass is 10.1. The molecule has 2 amide bonds. The van der Waals surface area contributed by atoms with Gasteiger partial charge in [0.2, 0.25) is 0 Å². The van der Waals surface area contributed by atoms with Gasteiger partial charge in [-0.25, -0.2) is 13.8 Å². The predicted molar refractivity (Wildman–Crippen MR) is 80.2 cm³/mol. The fourth-order valence-electron chi connectivity index (χ4n) is 3.88. The molecule has 2 aliphatic heterocycles. The van der Waals surface area contributed by atoms with Crippen LogP contribution in [0, 0.1) is 12.8 Å². The molecule has 1 aliphatic carbocycles. The molecule has 6 nitrogen and oxygen atoms in total. The molecule has 1 saturated carbocycles. The molecule has 2 saturated heterocycles. The quantitative estimate of drug-likeness (QED) is 0.792. The zero-order valence-corrected chi connectivity index (χ0v) is 13.5. The van der Waals surface area contributed by atoms with Crippen LogP contribution in [0.4, 0.5) is 8.78 Å². The summed E-state index contributed by atoms with van der Waals surface area (Å²) in [5.41, 5.74) is 0.905. The minimum absolute atomic E-state index is 0.0654. The molecule has 1 N–H and O–H groups in total. The van der Waals surface area contributed by atoms with Gasteiger partial charge in [-0.05, 0) is 25.7 Å². The topological polar surface area (TPSA) is 69.3 Å². The first-order chi connectivity index (χ1) is 11.4. The van der Waals surface area contributed by atoms with Gasteiger partial charge in [0.05, 0.1) is 6.04 Å². The van der Waals surface area contributed by atoms with Crippen LogP contribution in [0.5, 0.6) is 0 Å². The zero-order chi connectivity index (χ0) is 17.1. The Hall–Kier alpha value is -1.99. The zero-order valence-electron chi connectivity index (χ0n) is 13.5. The van der Waals surface area contributed by atoms with E-state index in [0.717, 1.165) is 18.5 Å². The van der Waals surface area contributed by atoms with Crippen molar-refractivity contribution in [2.45, 2.75) is 50.6 Å². The van der Waals surface area contributed by atoms with Crippen molar-refractivity contribution in [3.05, 3.63) is 17.7 Å². The van der Waals surface area contributed by atoms with E-state index in [2.05, 4.69) is 9.97 Å². The Balaban J connectivity index is 1.49. The number of hydrogen-bond acceptors (Lipinski definition) is 3. The number of aryl methyl sites for hydroxylation is 1. The number of imidazole rings is 1. The van der Waals surface area contributed by atoms with Crippen LogP contribution in [-0.2, 0) is 9.59 Å². The molecular weight excluding hydrogens is 318 g/mol. The second-order valence-electron chi connectivity index (χ2n) is 7.13. The van der Waals surface area contributed by atoms with Gasteiger partial charge in [-0.2, -0.15) is 0 Å². The number of aromatic nitrogens is 2. The van der Waals surface area contributed by atoms with Crippen LogP contribution >= 0.6 is 0 Å². The molecule has 0 radical (unpaired) electrons. The number of halogens is 2. The second-order valence-corrected chi connectivity index (χ2v) is 7.13. The van der Waals surface area contributed by atoms with E-state index >= 15 is 0 Å². The summed E-state index contributed by atoms with van der Waals surface area (Å²) in [4.78, 5) is 35.6. The molecular formula is C16H20F2N4O2. The molecule has 3 aliphatic rings. The van der Waals surface area contributed by atoms with Crippen LogP contribution in [0.2, 0.25) is 0 Å². The Kier molecular flexibility index (Phi) is 3.40. The van der Waals surface area contributed by atoms with E-state index in [1.807, 2.05) is 6.92 Å². The minimum Gasteiger partial charge on any atom is -0.344 e. The lowest BCUT2D eigenvalue weighted by Crippen LogP contribution is -2.50. The van der Waals surface area contributed by atoms with Gasteiger partial charge in [0.25, 0.3) is 5.92 Å². The molecule has 0 spiro atoms. The number of fused-ring (bicyclic) bond motifs is 1.